The average molecular weight is 349 g/mol. The van der Waals surface area contributed by atoms with Crippen molar-refractivity contribution in [2.75, 3.05) is 19.6 Å². The number of hydrogen-bond donors (Lipinski definition) is 2. The van der Waals surface area contributed by atoms with Crippen LogP contribution in [0.2, 0.25) is 0 Å². The normalized spacial score (nSPS) is 16.6. The molecule has 2 N–H and O–H groups in total. The maximum absolute atomic E-state index is 12.3. The number of nitrogens with one attached hydrogen (secondary N) is 1. The lowest BCUT2D eigenvalue weighted by atomic mass is 10.1. The molecular weight excluding hydrogens is 326 g/mol. The molecule has 0 spiro atoms. The molecule has 1 aliphatic rings. The van der Waals surface area contributed by atoms with Crippen molar-refractivity contribution in [1.82, 2.24) is 14.5 Å². The molecule has 0 saturated heterocycles. The fraction of sp³-hybridized carbons (Fsp3) is 0.286. The standard InChI is InChI=1S/C21H23N3O2/c25-18(14-16-6-2-1-3-7-16)15-23-12-10-17(11-13-23)24-20-9-5-4-8-19(20)22-21(24)26/h1-10,18,25H,11-15H2,(H,22,26). The van der Waals surface area contributed by atoms with E-state index in [0.29, 0.717) is 13.0 Å². The summed E-state index contributed by atoms with van der Waals surface area (Å²) in [7, 11) is 0. The Morgan fingerprint density at radius 3 is 2.62 bits per heavy atom. The summed E-state index contributed by atoms with van der Waals surface area (Å²) >= 11 is 0. The highest BCUT2D eigenvalue weighted by Crippen LogP contribution is 2.20. The van der Waals surface area contributed by atoms with Gasteiger partial charge in [-0.25, -0.2) is 4.79 Å². The highest BCUT2D eigenvalue weighted by Gasteiger charge is 2.18. The van der Waals surface area contributed by atoms with E-state index in [2.05, 4.69) is 16.0 Å². The highest BCUT2D eigenvalue weighted by molar-refractivity contribution is 5.79. The number of hydrogen-bond acceptors (Lipinski definition) is 3. The SMILES string of the molecule is O=c1[nH]c2ccccc2n1C1=CCN(CC(O)Cc2ccccc2)CC1. The molecule has 1 atom stereocenters. The third-order valence-electron chi connectivity index (χ3n) is 4.93. The van der Waals surface area contributed by atoms with Crippen LogP contribution in [0.5, 0.6) is 0 Å². The number of aliphatic hydroxyl groups excluding tert-OH is 1. The van der Waals surface area contributed by atoms with Crippen molar-refractivity contribution in [1.29, 1.82) is 0 Å². The third kappa shape index (κ3) is 3.49. The second-order valence-electron chi connectivity index (χ2n) is 6.83. The van der Waals surface area contributed by atoms with E-state index in [9.17, 15) is 9.90 Å². The summed E-state index contributed by atoms with van der Waals surface area (Å²) in [5.74, 6) is 0. The van der Waals surface area contributed by atoms with E-state index in [1.807, 2.05) is 54.6 Å². The number of aromatic amines is 1. The number of benzene rings is 2. The molecular formula is C21H23N3O2. The van der Waals surface area contributed by atoms with Crippen molar-refractivity contribution in [3.05, 3.63) is 76.7 Å². The lowest BCUT2D eigenvalue weighted by Crippen LogP contribution is -2.37. The summed E-state index contributed by atoms with van der Waals surface area (Å²) in [5.41, 5.74) is 3.87. The maximum Gasteiger partial charge on any atom is 0.330 e. The molecule has 2 heterocycles. The number of aromatic nitrogens is 2. The number of imidazole rings is 1. The van der Waals surface area contributed by atoms with Gasteiger partial charge in [-0.3, -0.25) is 9.47 Å². The first-order valence-corrected chi connectivity index (χ1v) is 9.04. The topological polar surface area (TPSA) is 61.3 Å². The molecule has 4 rings (SSSR count). The van der Waals surface area contributed by atoms with E-state index in [1.54, 1.807) is 4.57 Å². The van der Waals surface area contributed by atoms with Crippen LogP contribution in [0.1, 0.15) is 12.0 Å². The fourth-order valence-electron chi connectivity index (χ4n) is 3.66. The summed E-state index contributed by atoms with van der Waals surface area (Å²) in [5, 5.41) is 10.4. The van der Waals surface area contributed by atoms with Gasteiger partial charge in [-0.15, -0.1) is 0 Å². The van der Waals surface area contributed by atoms with Crippen molar-refractivity contribution in [3.8, 4) is 0 Å². The lowest BCUT2D eigenvalue weighted by molar-refractivity contribution is 0.118. The van der Waals surface area contributed by atoms with Crippen molar-refractivity contribution >= 4 is 16.7 Å². The van der Waals surface area contributed by atoms with Crippen LogP contribution in [-0.4, -0.2) is 45.3 Å². The van der Waals surface area contributed by atoms with Gasteiger partial charge in [-0.05, 0) is 24.1 Å². The van der Waals surface area contributed by atoms with Crippen LogP contribution in [-0.2, 0) is 6.42 Å². The molecule has 2 aromatic carbocycles. The number of β-amino-alcohol motifs (C(OH)–C–C–N with tert-alkyl or cyclic N) is 1. The van der Waals surface area contributed by atoms with Gasteiger partial charge >= 0.3 is 5.69 Å². The zero-order valence-corrected chi connectivity index (χ0v) is 14.6. The van der Waals surface area contributed by atoms with E-state index >= 15 is 0 Å². The van der Waals surface area contributed by atoms with Gasteiger partial charge in [0.15, 0.2) is 0 Å². The van der Waals surface area contributed by atoms with Gasteiger partial charge < -0.3 is 10.1 Å². The second-order valence-corrected chi connectivity index (χ2v) is 6.83. The van der Waals surface area contributed by atoms with Crippen LogP contribution in [0.3, 0.4) is 0 Å². The van der Waals surface area contributed by atoms with Crippen LogP contribution in [0.25, 0.3) is 16.7 Å². The Labute approximate surface area is 152 Å². The molecule has 1 aromatic heterocycles. The van der Waals surface area contributed by atoms with Gasteiger partial charge in [-0.1, -0.05) is 48.5 Å². The summed E-state index contributed by atoms with van der Waals surface area (Å²) in [6, 6.07) is 17.8. The van der Waals surface area contributed by atoms with Crippen LogP contribution in [0.4, 0.5) is 0 Å². The second kappa shape index (κ2) is 7.32. The van der Waals surface area contributed by atoms with Crippen LogP contribution >= 0.6 is 0 Å². The van der Waals surface area contributed by atoms with Crippen molar-refractivity contribution < 1.29 is 5.11 Å². The lowest BCUT2D eigenvalue weighted by Gasteiger charge is -2.28. The zero-order valence-electron chi connectivity index (χ0n) is 14.6. The molecule has 0 radical (unpaired) electrons. The molecule has 0 saturated carbocycles. The van der Waals surface area contributed by atoms with E-state index in [1.165, 1.54) is 0 Å². The van der Waals surface area contributed by atoms with Crippen LogP contribution in [0.15, 0.2) is 65.5 Å². The number of para-hydroxylation sites is 2. The first-order valence-electron chi connectivity index (χ1n) is 9.04. The maximum atomic E-state index is 12.3. The Balaban J connectivity index is 1.43. The zero-order chi connectivity index (χ0) is 17.9. The minimum atomic E-state index is -0.386. The van der Waals surface area contributed by atoms with Gasteiger partial charge in [0.2, 0.25) is 0 Å². The van der Waals surface area contributed by atoms with E-state index in [-0.39, 0.29) is 11.8 Å². The van der Waals surface area contributed by atoms with Gasteiger partial charge in [0.05, 0.1) is 17.1 Å². The smallest absolute Gasteiger partial charge is 0.330 e. The largest absolute Gasteiger partial charge is 0.391 e. The summed E-state index contributed by atoms with van der Waals surface area (Å²) < 4.78 is 1.77. The first-order chi connectivity index (χ1) is 12.7. The molecule has 0 aliphatic carbocycles. The molecule has 0 amide bonds. The summed E-state index contributed by atoms with van der Waals surface area (Å²) in [6.45, 7) is 2.22. The minimum absolute atomic E-state index is 0.0880. The minimum Gasteiger partial charge on any atom is -0.391 e. The van der Waals surface area contributed by atoms with Crippen molar-refractivity contribution in [2.45, 2.75) is 18.9 Å². The quantitative estimate of drug-likeness (QED) is 0.744. The molecule has 0 bridgehead atoms. The van der Waals surface area contributed by atoms with E-state index < -0.39 is 0 Å². The van der Waals surface area contributed by atoms with E-state index in [0.717, 1.165) is 41.8 Å². The molecule has 5 nitrogen and oxygen atoms in total. The Kier molecular flexibility index (Phi) is 4.73. The molecule has 26 heavy (non-hydrogen) atoms. The molecule has 134 valence electrons. The summed E-state index contributed by atoms with van der Waals surface area (Å²) in [4.78, 5) is 17.5. The molecule has 3 aromatic rings. The van der Waals surface area contributed by atoms with Gasteiger partial charge in [-0.2, -0.15) is 0 Å². The van der Waals surface area contributed by atoms with Gasteiger partial charge in [0, 0.05) is 31.8 Å². The molecule has 5 heteroatoms. The number of fused-ring (bicyclic) bond motifs is 1. The first kappa shape index (κ1) is 16.8. The van der Waals surface area contributed by atoms with Gasteiger partial charge in [0.1, 0.15) is 0 Å². The predicted molar refractivity (Wildman–Crippen MR) is 104 cm³/mol. The number of nitrogens with zero attached hydrogens (tertiary/aromatic N) is 2. The number of aliphatic hydroxyl groups is 1. The Morgan fingerprint density at radius 1 is 1.08 bits per heavy atom. The average Bonchev–Trinajstić information content (AvgIpc) is 2.99. The van der Waals surface area contributed by atoms with E-state index in [4.69, 9.17) is 0 Å². The number of H-pyrrole nitrogens is 1. The van der Waals surface area contributed by atoms with Crippen molar-refractivity contribution in [3.63, 3.8) is 0 Å². The van der Waals surface area contributed by atoms with Crippen molar-refractivity contribution in [2.24, 2.45) is 0 Å². The Hall–Kier alpha value is -2.63. The molecule has 0 fully saturated rings. The Morgan fingerprint density at radius 2 is 1.85 bits per heavy atom. The summed E-state index contributed by atoms with van der Waals surface area (Å²) in [6.07, 6.45) is 3.17. The Bertz CT molecular complexity index is 972. The van der Waals surface area contributed by atoms with Crippen LogP contribution in [0, 0.1) is 0 Å². The fourth-order valence-corrected chi connectivity index (χ4v) is 3.66. The van der Waals surface area contributed by atoms with Crippen LogP contribution < -0.4 is 5.69 Å². The third-order valence-corrected chi connectivity index (χ3v) is 4.93. The number of rotatable bonds is 5. The molecule has 1 unspecified atom stereocenters. The monoisotopic (exact) mass is 349 g/mol. The van der Waals surface area contributed by atoms with Gasteiger partial charge in [0.25, 0.3) is 0 Å². The predicted octanol–water partition coefficient (Wildman–Crippen LogP) is 2.48. The molecule has 1 aliphatic heterocycles. The highest BCUT2D eigenvalue weighted by atomic mass is 16.3.